The highest BCUT2D eigenvalue weighted by Gasteiger charge is 2.38. The number of fused-ring (bicyclic) bond motifs is 1. The molecular formula is C25H35N5. The monoisotopic (exact) mass is 405 g/mol. The van der Waals surface area contributed by atoms with Crippen LogP contribution >= 0.6 is 0 Å². The van der Waals surface area contributed by atoms with Crippen LogP contribution in [0.25, 0.3) is 0 Å². The lowest BCUT2D eigenvalue weighted by molar-refractivity contribution is 0.661. The van der Waals surface area contributed by atoms with E-state index < -0.39 is 0 Å². The maximum Gasteiger partial charge on any atom is 0.162 e. The van der Waals surface area contributed by atoms with E-state index in [0.717, 1.165) is 36.5 Å². The molecule has 160 valence electrons. The molecule has 0 saturated heterocycles. The summed E-state index contributed by atoms with van der Waals surface area (Å²) in [6.07, 6.45) is 10.5. The summed E-state index contributed by atoms with van der Waals surface area (Å²) in [5.41, 5.74) is 4.76. The summed E-state index contributed by atoms with van der Waals surface area (Å²) < 4.78 is 0. The zero-order valence-corrected chi connectivity index (χ0v) is 19.2. The van der Waals surface area contributed by atoms with Crippen molar-refractivity contribution >= 4 is 22.9 Å². The van der Waals surface area contributed by atoms with Gasteiger partial charge in [-0.2, -0.15) is 0 Å². The maximum atomic E-state index is 4.62. The Kier molecular flexibility index (Phi) is 9.26. The van der Waals surface area contributed by atoms with Crippen LogP contribution in [0.5, 0.6) is 0 Å². The van der Waals surface area contributed by atoms with E-state index in [9.17, 15) is 0 Å². The molecule has 0 fully saturated rings. The summed E-state index contributed by atoms with van der Waals surface area (Å²) >= 11 is 0. The molecule has 3 heterocycles. The Morgan fingerprint density at radius 2 is 1.53 bits per heavy atom. The second-order valence-electron chi connectivity index (χ2n) is 6.44. The lowest BCUT2D eigenvalue weighted by Crippen LogP contribution is -2.38. The molecule has 0 spiro atoms. The van der Waals surface area contributed by atoms with Crippen LogP contribution in [0, 0.1) is 0 Å². The van der Waals surface area contributed by atoms with Crippen LogP contribution in [0.3, 0.4) is 0 Å². The Hall–Kier alpha value is -2.95. The van der Waals surface area contributed by atoms with Crippen molar-refractivity contribution in [2.75, 3.05) is 9.80 Å². The second kappa shape index (κ2) is 11.9. The predicted molar refractivity (Wildman–Crippen MR) is 128 cm³/mol. The van der Waals surface area contributed by atoms with Gasteiger partial charge >= 0.3 is 0 Å². The SMILES string of the molecule is CC.CC.CCCc1ccccc1N1c2cncnc2N(c2ccncc2)C1CC. The van der Waals surface area contributed by atoms with Crippen molar-refractivity contribution in [3.8, 4) is 0 Å². The van der Waals surface area contributed by atoms with E-state index in [-0.39, 0.29) is 6.17 Å². The third-order valence-corrected chi connectivity index (χ3v) is 4.83. The molecule has 1 aliphatic heterocycles. The number of nitrogens with zero attached hydrogens (tertiary/aromatic N) is 5. The fourth-order valence-electron chi connectivity index (χ4n) is 3.77. The molecule has 0 amide bonds. The normalized spacial score (nSPS) is 14.3. The number of benzene rings is 1. The Labute approximate surface area is 181 Å². The topological polar surface area (TPSA) is 45.2 Å². The second-order valence-corrected chi connectivity index (χ2v) is 6.44. The van der Waals surface area contributed by atoms with E-state index in [4.69, 9.17) is 0 Å². The van der Waals surface area contributed by atoms with Gasteiger partial charge in [-0.3, -0.25) is 4.98 Å². The molecule has 1 aliphatic rings. The van der Waals surface area contributed by atoms with E-state index in [1.165, 1.54) is 11.3 Å². The van der Waals surface area contributed by atoms with E-state index in [2.05, 4.69) is 62.9 Å². The number of para-hydroxylation sites is 1. The molecule has 0 saturated carbocycles. The minimum atomic E-state index is 0.155. The highest BCUT2D eigenvalue weighted by atomic mass is 15.4. The highest BCUT2D eigenvalue weighted by Crippen LogP contribution is 2.47. The van der Waals surface area contributed by atoms with Gasteiger partial charge in [0.15, 0.2) is 5.82 Å². The maximum absolute atomic E-state index is 4.62. The molecule has 3 aromatic rings. The number of hydrogen-bond donors (Lipinski definition) is 0. The van der Waals surface area contributed by atoms with E-state index >= 15 is 0 Å². The smallest absolute Gasteiger partial charge is 0.162 e. The summed E-state index contributed by atoms with van der Waals surface area (Å²) in [6, 6.07) is 12.7. The molecule has 0 aliphatic carbocycles. The summed E-state index contributed by atoms with van der Waals surface area (Å²) in [6.45, 7) is 12.4. The molecule has 0 bridgehead atoms. The largest absolute Gasteiger partial charge is 0.315 e. The van der Waals surface area contributed by atoms with Gasteiger partial charge < -0.3 is 9.80 Å². The first kappa shape index (κ1) is 23.3. The minimum absolute atomic E-state index is 0.155. The van der Waals surface area contributed by atoms with E-state index in [1.54, 1.807) is 6.33 Å². The molecule has 30 heavy (non-hydrogen) atoms. The van der Waals surface area contributed by atoms with Crippen molar-refractivity contribution < 1.29 is 0 Å². The number of aryl methyl sites for hydroxylation is 1. The van der Waals surface area contributed by atoms with Gasteiger partial charge in [0, 0.05) is 23.8 Å². The average molecular weight is 406 g/mol. The van der Waals surface area contributed by atoms with Crippen LogP contribution in [0.2, 0.25) is 0 Å². The van der Waals surface area contributed by atoms with Crippen molar-refractivity contribution in [3.05, 3.63) is 66.9 Å². The Morgan fingerprint density at radius 3 is 2.20 bits per heavy atom. The molecular weight excluding hydrogens is 370 g/mol. The molecule has 1 aromatic carbocycles. The lowest BCUT2D eigenvalue weighted by atomic mass is 10.1. The van der Waals surface area contributed by atoms with Crippen molar-refractivity contribution in [1.82, 2.24) is 15.0 Å². The fourth-order valence-corrected chi connectivity index (χ4v) is 3.77. The number of aromatic nitrogens is 3. The van der Waals surface area contributed by atoms with Gasteiger partial charge in [0.25, 0.3) is 0 Å². The third-order valence-electron chi connectivity index (χ3n) is 4.83. The van der Waals surface area contributed by atoms with Crippen LogP contribution in [-0.4, -0.2) is 21.1 Å². The minimum Gasteiger partial charge on any atom is -0.315 e. The van der Waals surface area contributed by atoms with E-state index in [0.29, 0.717) is 0 Å². The van der Waals surface area contributed by atoms with Gasteiger partial charge in [0.05, 0.1) is 6.20 Å². The first-order chi connectivity index (χ1) is 14.8. The zero-order chi connectivity index (χ0) is 21.9. The van der Waals surface area contributed by atoms with E-state index in [1.807, 2.05) is 58.4 Å². The van der Waals surface area contributed by atoms with Crippen molar-refractivity contribution in [2.45, 2.75) is 67.0 Å². The first-order valence-corrected chi connectivity index (χ1v) is 11.2. The molecule has 0 N–H and O–H groups in total. The van der Waals surface area contributed by atoms with Gasteiger partial charge in [-0.1, -0.05) is 66.2 Å². The van der Waals surface area contributed by atoms with Crippen molar-refractivity contribution in [2.24, 2.45) is 0 Å². The number of pyridine rings is 1. The van der Waals surface area contributed by atoms with Gasteiger partial charge in [-0.15, -0.1) is 0 Å². The van der Waals surface area contributed by atoms with Crippen LogP contribution in [0.1, 0.15) is 59.9 Å². The van der Waals surface area contributed by atoms with Crippen LogP contribution < -0.4 is 9.80 Å². The third kappa shape index (κ3) is 4.61. The van der Waals surface area contributed by atoms with Gasteiger partial charge in [0.1, 0.15) is 18.2 Å². The number of hydrogen-bond acceptors (Lipinski definition) is 5. The molecule has 5 heteroatoms. The van der Waals surface area contributed by atoms with Gasteiger partial charge in [0.2, 0.25) is 0 Å². The van der Waals surface area contributed by atoms with Crippen molar-refractivity contribution in [3.63, 3.8) is 0 Å². The Balaban J connectivity index is 0.000000757. The lowest BCUT2D eigenvalue weighted by Gasteiger charge is -2.33. The molecule has 5 nitrogen and oxygen atoms in total. The molecule has 0 radical (unpaired) electrons. The summed E-state index contributed by atoms with van der Waals surface area (Å²) in [7, 11) is 0. The number of anilines is 4. The summed E-state index contributed by atoms with van der Waals surface area (Å²) in [5, 5.41) is 0. The zero-order valence-electron chi connectivity index (χ0n) is 19.2. The standard InChI is InChI=1S/C21H23N5.2C2H6/c1-3-7-16-8-5-6-9-18(16)26-19-14-23-15-24-21(19)25(20(26)4-2)17-10-12-22-13-11-17;2*1-2/h5-6,8-15,20H,3-4,7H2,1-2H3;2*1-2H3. The van der Waals surface area contributed by atoms with Crippen LogP contribution in [0.4, 0.5) is 22.9 Å². The van der Waals surface area contributed by atoms with Crippen molar-refractivity contribution in [1.29, 1.82) is 0 Å². The molecule has 1 unspecified atom stereocenters. The Morgan fingerprint density at radius 1 is 0.833 bits per heavy atom. The average Bonchev–Trinajstić information content (AvgIpc) is 3.17. The molecule has 4 rings (SSSR count). The molecule has 2 aromatic heterocycles. The summed E-state index contributed by atoms with van der Waals surface area (Å²) in [4.78, 5) is 17.8. The Bertz CT molecular complexity index is 881. The first-order valence-electron chi connectivity index (χ1n) is 11.2. The predicted octanol–water partition coefficient (Wildman–Crippen LogP) is 6.90. The highest BCUT2D eigenvalue weighted by molar-refractivity contribution is 5.86. The fraction of sp³-hybridized carbons (Fsp3) is 0.400. The quantitative estimate of drug-likeness (QED) is 0.462. The van der Waals surface area contributed by atoms with Crippen LogP contribution in [0.15, 0.2) is 61.3 Å². The number of rotatable bonds is 5. The summed E-state index contributed by atoms with van der Waals surface area (Å²) in [5.74, 6) is 0.948. The van der Waals surface area contributed by atoms with Gasteiger partial charge in [-0.05, 0) is 36.6 Å². The van der Waals surface area contributed by atoms with Gasteiger partial charge in [-0.25, -0.2) is 9.97 Å². The molecule has 1 atom stereocenters. The van der Waals surface area contributed by atoms with Crippen LogP contribution in [-0.2, 0) is 6.42 Å².